The quantitative estimate of drug-likeness (QED) is 0.147. The van der Waals surface area contributed by atoms with Gasteiger partial charge in [-0.05, 0) is 86.1 Å². The molecule has 0 radical (unpaired) electrons. The number of nitrogens with zero attached hydrogens (tertiary/aromatic N) is 3. The zero-order chi connectivity index (χ0) is 29.0. The number of aromatic nitrogens is 3. The summed E-state index contributed by atoms with van der Waals surface area (Å²) in [7, 11) is 0. The maximum absolute atomic E-state index is 13.2. The molecule has 1 heterocycles. The van der Waals surface area contributed by atoms with E-state index in [0.717, 1.165) is 24.3 Å². The normalized spacial score (nSPS) is 10.7. The van der Waals surface area contributed by atoms with Gasteiger partial charge in [-0.2, -0.15) is 0 Å². The Kier molecular flexibility index (Phi) is 10.7. The summed E-state index contributed by atoms with van der Waals surface area (Å²) in [6, 6.07) is 19.9. The molecule has 4 aromatic rings. The van der Waals surface area contributed by atoms with E-state index in [2.05, 4.69) is 27.8 Å². The van der Waals surface area contributed by atoms with Crippen molar-refractivity contribution in [2.24, 2.45) is 0 Å². The molecule has 0 bridgehead atoms. The maximum Gasteiger partial charge on any atom is 0.251 e. The molecule has 11 heteroatoms. The minimum absolute atomic E-state index is 0.0472. The average molecular weight is 578 g/mol. The van der Waals surface area contributed by atoms with Gasteiger partial charge in [0.2, 0.25) is 5.91 Å². The predicted molar refractivity (Wildman–Crippen MR) is 156 cm³/mol. The number of hydrogen-bond acceptors (Lipinski definition) is 7. The first kappa shape index (κ1) is 29.6. The van der Waals surface area contributed by atoms with Gasteiger partial charge in [0.25, 0.3) is 5.91 Å². The van der Waals surface area contributed by atoms with E-state index in [-0.39, 0.29) is 29.9 Å². The highest BCUT2D eigenvalue weighted by Gasteiger charge is 2.17. The number of anilines is 1. The molecule has 0 saturated carbocycles. The topological polar surface area (TPSA) is 107 Å². The third kappa shape index (κ3) is 8.55. The van der Waals surface area contributed by atoms with E-state index in [4.69, 9.17) is 9.47 Å². The minimum Gasteiger partial charge on any atom is -0.494 e. The lowest BCUT2D eigenvalue weighted by molar-refractivity contribution is -0.113. The van der Waals surface area contributed by atoms with Crippen LogP contribution in [0.1, 0.15) is 42.9 Å². The van der Waals surface area contributed by atoms with Crippen LogP contribution in [0.15, 0.2) is 78.0 Å². The maximum atomic E-state index is 13.2. The molecule has 0 unspecified atom stereocenters. The Balaban J connectivity index is 1.46. The average Bonchev–Trinajstić information content (AvgIpc) is 3.40. The van der Waals surface area contributed by atoms with Gasteiger partial charge in [-0.1, -0.05) is 25.1 Å². The molecule has 214 valence electrons. The van der Waals surface area contributed by atoms with E-state index >= 15 is 0 Å². The van der Waals surface area contributed by atoms with Crippen LogP contribution in [0.25, 0.3) is 5.69 Å². The summed E-state index contributed by atoms with van der Waals surface area (Å²) >= 11 is 1.19. The van der Waals surface area contributed by atoms with E-state index in [9.17, 15) is 14.0 Å². The molecular formula is C30H32FN5O4S. The van der Waals surface area contributed by atoms with Crippen molar-refractivity contribution in [3.05, 3.63) is 90.0 Å². The van der Waals surface area contributed by atoms with E-state index < -0.39 is 0 Å². The number of ether oxygens (including phenoxy) is 2. The Hall–Kier alpha value is -4.38. The number of halogens is 1. The number of rotatable bonds is 14. The van der Waals surface area contributed by atoms with Crippen LogP contribution in [0.3, 0.4) is 0 Å². The first-order valence-corrected chi connectivity index (χ1v) is 14.3. The summed E-state index contributed by atoms with van der Waals surface area (Å²) in [5.41, 5.74) is 1.73. The van der Waals surface area contributed by atoms with Crippen LogP contribution in [0.2, 0.25) is 0 Å². The highest BCUT2D eigenvalue weighted by Crippen LogP contribution is 2.24. The fourth-order valence-electron chi connectivity index (χ4n) is 3.78. The summed E-state index contributed by atoms with van der Waals surface area (Å²) in [5, 5.41) is 14.7. The number of carbonyl (C=O) groups is 2. The molecule has 0 spiro atoms. The van der Waals surface area contributed by atoms with Gasteiger partial charge in [-0.15, -0.1) is 10.2 Å². The van der Waals surface area contributed by atoms with Crippen molar-refractivity contribution in [2.45, 2.75) is 38.4 Å². The zero-order valence-corrected chi connectivity index (χ0v) is 23.7. The van der Waals surface area contributed by atoms with Gasteiger partial charge in [-0.25, -0.2) is 4.39 Å². The lowest BCUT2D eigenvalue weighted by atomic mass is 10.2. The van der Waals surface area contributed by atoms with Gasteiger partial charge >= 0.3 is 0 Å². The molecule has 0 fully saturated rings. The Labute approximate surface area is 242 Å². The number of thioether (sulfide) groups is 1. The van der Waals surface area contributed by atoms with Crippen LogP contribution in [-0.4, -0.2) is 45.5 Å². The molecule has 2 N–H and O–H groups in total. The molecule has 41 heavy (non-hydrogen) atoms. The summed E-state index contributed by atoms with van der Waals surface area (Å²) in [6.07, 6.45) is 2.02. The second-order valence-corrected chi connectivity index (χ2v) is 9.86. The molecule has 0 saturated heterocycles. The van der Waals surface area contributed by atoms with Crippen LogP contribution >= 0.6 is 11.8 Å². The molecule has 4 rings (SSSR count). The van der Waals surface area contributed by atoms with E-state index in [1.54, 1.807) is 28.8 Å². The van der Waals surface area contributed by atoms with E-state index in [1.165, 1.54) is 36.0 Å². The first-order chi connectivity index (χ1) is 20.0. The van der Waals surface area contributed by atoms with Gasteiger partial charge in [0.05, 0.1) is 25.5 Å². The van der Waals surface area contributed by atoms with Crippen molar-refractivity contribution in [3.63, 3.8) is 0 Å². The second-order valence-electron chi connectivity index (χ2n) is 8.91. The number of nitrogens with one attached hydrogen (secondary N) is 2. The first-order valence-electron chi connectivity index (χ1n) is 13.3. The van der Waals surface area contributed by atoms with Gasteiger partial charge in [-0.3, -0.25) is 14.2 Å². The van der Waals surface area contributed by atoms with Crippen molar-refractivity contribution in [1.82, 2.24) is 20.1 Å². The van der Waals surface area contributed by atoms with Gasteiger partial charge < -0.3 is 20.1 Å². The summed E-state index contributed by atoms with van der Waals surface area (Å²) in [5.74, 6) is 1.05. The number of carbonyl (C=O) groups excluding carboxylic acids is 2. The van der Waals surface area contributed by atoms with Gasteiger partial charge in [0.1, 0.15) is 17.3 Å². The van der Waals surface area contributed by atoms with Crippen LogP contribution in [0.5, 0.6) is 11.5 Å². The summed E-state index contributed by atoms with van der Waals surface area (Å²) < 4.78 is 26.2. The van der Waals surface area contributed by atoms with Crippen LogP contribution in [0, 0.1) is 5.82 Å². The Morgan fingerprint density at radius 3 is 2.27 bits per heavy atom. The van der Waals surface area contributed by atoms with Crippen LogP contribution < -0.4 is 20.1 Å². The van der Waals surface area contributed by atoms with E-state index in [0.29, 0.717) is 41.2 Å². The molecule has 0 aliphatic rings. The van der Waals surface area contributed by atoms with Crippen molar-refractivity contribution in [1.29, 1.82) is 0 Å². The lowest BCUT2D eigenvalue weighted by Crippen LogP contribution is -2.24. The molecule has 3 aromatic carbocycles. The van der Waals surface area contributed by atoms with Gasteiger partial charge in [0, 0.05) is 16.9 Å². The summed E-state index contributed by atoms with van der Waals surface area (Å²) in [4.78, 5) is 25.4. The molecule has 2 amide bonds. The fraction of sp³-hybridized carbons (Fsp3) is 0.267. The summed E-state index contributed by atoms with van der Waals surface area (Å²) in [6.45, 7) is 5.29. The predicted octanol–water partition coefficient (Wildman–Crippen LogP) is 5.64. The van der Waals surface area contributed by atoms with E-state index in [1.807, 2.05) is 31.2 Å². The molecule has 0 aliphatic carbocycles. The van der Waals surface area contributed by atoms with Crippen LogP contribution in [0.4, 0.5) is 10.1 Å². The third-order valence-electron chi connectivity index (χ3n) is 5.86. The van der Waals surface area contributed by atoms with Crippen molar-refractivity contribution in [3.8, 4) is 17.2 Å². The third-order valence-corrected chi connectivity index (χ3v) is 6.79. The van der Waals surface area contributed by atoms with Crippen molar-refractivity contribution in [2.75, 3.05) is 24.3 Å². The lowest BCUT2D eigenvalue weighted by Gasteiger charge is -2.12. The van der Waals surface area contributed by atoms with Crippen molar-refractivity contribution >= 4 is 29.3 Å². The van der Waals surface area contributed by atoms with Crippen LogP contribution in [-0.2, 0) is 11.3 Å². The molecule has 9 nitrogen and oxygen atoms in total. The Morgan fingerprint density at radius 1 is 0.902 bits per heavy atom. The molecule has 0 aliphatic heterocycles. The highest BCUT2D eigenvalue weighted by molar-refractivity contribution is 7.99. The number of hydrogen-bond donors (Lipinski definition) is 2. The Morgan fingerprint density at radius 2 is 1.59 bits per heavy atom. The monoisotopic (exact) mass is 577 g/mol. The zero-order valence-electron chi connectivity index (χ0n) is 22.9. The standard InChI is InChI=1S/C30H32FN5O4S/c1-3-5-18-40-26-14-6-21(7-15-26)29(38)32-19-27-34-35-30(36(27)24-12-16-25(17-13-24)39-4-2)41-20-28(37)33-23-10-8-22(31)9-11-23/h6-17H,3-5,18-20H2,1-2H3,(H,32,38)(H,33,37). The minimum atomic E-state index is -0.381. The highest BCUT2D eigenvalue weighted by atomic mass is 32.2. The molecule has 0 atom stereocenters. The number of unbranched alkanes of at least 4 members (excludes halogenated alkanes) is 1. The largest absolute Gasteiger partial charge is 0.494 e. The smallest absolute Gasteiger partial charge is 0.251 e. The second kappa shape index (κ2) is 14.8. The molecule has 1 aromatic heterocycles. The van der Waals surface area contributed by atoms with Crippen molar-refractivity contribution < 1.29 is 23.5 Å². The van der Waals surface area contributed by atoms with Gasteiger partial charge in [0.15, 0.2) is 11.0 Å². The SMILES string of the molecule is CCCCOc1ccc(C(=O)NCc2nnc(SCC(=O)Nc3ccc(F)cc3)n2-c2ccc(OCC)cc2)cc1. The number of amides is 2. The Bertz CT molecular complexity index is 1430. The number of benzene rings is 3. The fourth-order valence-corrected chi connectivity index (χ4v) is 4.56. The molecular weight excluding hydrogens is 545 g/mol.